The van der Waals surface area contributed by atoms with Crippen molar-refractivity contribution in [3.05, 3.63) is 48.0 Å². The van der Waals surface area contributed by atoms with Crippen LogP contribution in [0.1, 0.15) is 5.56 Å². The van der Waals surface area contributed by atoms with Crippen molar-refractivity contribution in [3.8, 4) is 16.9 Å². The molecule has 116 valence electrons. The molecule has 4 rings (SSSR count). The van der Waals surface area contributed by atoms with Gasteiger partial charge in [0.1, 0.15) is 5.75 Å². The third kappa shape index (κ3) is 1.86. The van der Waals surface area contributed by atoms with E-state index in [-0.39, 0.29) is 6.42 Å². The SMILES string of the molecule is COc1ccccc1-c1cccc2c1CC1(Cl)OC(=O)C(=O)N21. The molecule has 6 heteroatoms. The molecule has 0 saturated carbocycles. The molecule has 0 radical (unpaired) electrons. The average Bonchev–Trinajstić information content (AvgIpc) is 2.96. The zero-order valence-electron chi connectivity index (χ0n) is 12.2. The highest BCUT2D eigenvalue weighted by Crippen LogP contribution is 2.49. The van der Waals surface area contributed by atoms with Crippen LogP contribution in [0.15, 0.2) is 42.5 Å². The van der Waals surface area contributed by atoms with Crippen LogP contribution < -0.4 is 9.64 Å². The first kappa shape index (κ1) is 14.1. The van der Waals surface area contributed by atoms with E-state index in [0.717, 1.165) is 22.4 Å². The Bertz CT molecular complexity index is 850. The van der Waals surface area contributed by atoms with Crippen LogP contribution in [0.4, 0.5) is 5.69 Å². The molecular formula is C17H12ClNO4. The van der Waals surface area contributed by atoms with Crippen LogP contribution in [-0.2, 0) is 20.7 Å². The summed E-state index contributed by atoms with van der Waals surface area (Å²) in [6.45, 7) is 0. The van der Waals surface area contributed by atoms with E-state index in [0.29, 0.717) is 5.69 Å². The maximum Gasteiger partial charge on any atom is 0.400 e. The third-order valence-electron chi connectivity index (χ3n) is 4.14. The Hall–Kier alpha value is -2.53. The van der Waals surface area contributed by atoms with Crippen molar-refractivity contribution in [2.24, 2.45) is 0 Å². The Labute approximate surface area is 137 Å². The maximum atomic E-state index is 12.1. The molecule has 0 N–H and O–H groups in total. The molecule has 2 aromatic rings. The number of alkyl halides is 1. The van der Waals surface area contributed by atoms with Crippen molar-refractivity contribution in [2.45, 2.75) is 11.6 Å². The van der Waals surface area contributed by atoms with Gasteiger partial charge >= 0.3 is 11.9 Å². The molecule has 2 aliphatic heterocycles. The molecule has 0 aliphatic carbocycles. The van der Waals surface area contributed by atoms with Gasteiger partial charge in [0.05, 0.1) is 19.2 Å². The van der Waals surface area contributed by atoms with Crippen molar-refractivity contribution >= 4 is 29.2 Å². The van der Waals surface area contributed by atoms with Crippen LogP contribution in [0.25, 0.3) is 11.1 Å². The molecule has 2 aliphatic rings. The van der Waals surface area contributed by atoms with Crippen LogP contribution >= 0.6 is 11.6 Å². The molecule has 1 unspecified atom stereocenters. The van der Waals surface area contributed by atoms with Crippen LogP contribution in [0.5, 0.6) is 5.75 Å². The minimum Gasteiger partial charge on any atom is -0.496 e. The smallest absolute Gasteiger partial charge is 0.400 e. The molecule has 1 amide bonds. The predicted molar refractivity (Wildman–Crippen MR) is 84.3 cm³/mol. The standard InChI is InChI=1S/C17H12ClNO4/c1-22-14-8-3-2-5-11(14)10-6-4-7-13-12(10)9-17(18)19(13)15(20)16(21)23-17/h2-8H,9H2,1H3. The summed E-state index contributed by atoms with van der Waals surface area (Å²) in [7, 11) is 1.61. The van der Waals surface area contributed by atoms with Crippen LogP contribution in [-0.4, -0.2) is 24.2 Å². The van der Waals surface area contributed by atoms with E-state index in [9.17, 15) is 9.59 Å². The van der Waals surface area contributed by atoms with E-state index in [1.165, 1.54) is 4.90 Å². The zero-order chi connectivity index (χ0) is 16.2. The lowest BCUT2D eigenvalue weighted by molar-refractivity contribution is -0.150. The fourth-order valence-electron chi connectivity index (χ4n) is 3.19. The van der Waals surface area contributed by atoms with Gasteiger partial charge in [-0.3, -0.25) is 4.79 Å². The fraction of sp³-hybridized carbons (Fsp3) is 0.176. The number of ether oxygens (including phenoxy) is 2. The molecule has 2 heterocycles. The number of esters is 1. The van der Waals surface area contributed by atoms with Crippen molar-refractivity contribution in [3.63, 3.8) is 0 Å². The Morgan fingerprint density at radius 2 is 1.87 bits per heavy atom. The highest BCUT2D eigenvalue weighted by atomic mass is 35.5. The molecule has 1 fully saturated rings. The minimum absolute atomic E-state index is 0.232. The lowest BCUT2D eigenvalue weighted by Gasteiger charge is -2.21. The first-order valence-electron chi connectivity index (χ1n) is 7.07. The molecule has 1 saturated heterocycles. The average molecular weight is 330 g/mol. The summed E-state index contributed by atoms with van der Waals surface area (Å²) < 4.78 is 10.5. The minimum atomic E-state index is -1.46. The van der Waals surface area contributed by atoms with Gasteiger partial charge < -0.3 is 9.47 Å². The highest BCUT2D eigenvalue weighted by molar-refractivity contribution is 6.46. The van der Waals surface area contributed by atoms with Crippen molar-refractivity contribution < 1.29 is 19.1 Å². The number of fused-ring (bicyclic) bond motifs is 3. The van der Waals surface area contributed by atoms with E-state index in [4.69, 9.17) is 21.1 Å². The second-order valence-electron chi connectivity index (χ2n) is 5.40. The first-order valence-corrected chi connectivity index (χ1v) is 7.45. The molecule has 0 spiro atoms. The summed E-state index contributed by atoms with van der Waals surface area (Å²) in [6.07, 6.45) is 0.232. The van der Waals surface area contributed by atoms with Crippen LogP contribution in [0.3, 0.4) is 0 Å². The number of nitrogens with zero attached hydrogens (tertiary/aromatic N) is 1. The lowest BCUT2D eigenvalue weighted by Crippen LogP contribution is -2.39. The van der Waals surface area contributed by atoms with Crippen LogP contribution in [0, 0.1) is 0 Å². The number of para-hydroxylation sites is 1. The van der Waals surface area contributed by atoms with Gasteiger partial charge in [-0.2, -0.15) is 0 Å². The summed E-state index contributed by atoms with van der Waals surface area (Å²) in [5.41, 5.74) is 3.25. The van der Waals surface area contributed by atoms with E-state index in [1.54, 1.807) is 13.2 Å². The summed E-state index contributed by atoms with van der Waals surface area (Å²) >= 11 is 6.39. The summed E-state index contributed by atoms with van der Waals surface area (Å²) in [5.74, 6) is -0.941. The number of methoxy groups -OCH3 is 1. The molecule has 2 aromatic carbocycles. The lowest BCUT2D eigenvalue weighted by atomic mass is 9.97. The number of hydrogen-bond acceptors (Lipinski definition) is 4. The molecule has 0 aromatic heterocycles. The van der Waals surface area contributed by atoms with Crippen molar-refractivity contribution in [1.29, 1.82) is 0 Å². The van der Waals surface area contributed by atoms with Gasteiger partial charge in [-0.1, -0.05) is 30.3 Å². The Morgan fingerprint density at radius 1 is 1.13 bits per heavy atom. The number of amides is 1. The van der Waals surface area contributed by atoms with Gasteiger partial charge in [-0.05, 0) is 34.9 Å². The van der Waals surface area contributed by atoms with E-state index >= 15 is 0 Å². The number of halogens is 1. The maximum absolute atomic E-state index is 12.1. The quantitative estimate of drug-likeness (QED) is 0.368. The monoisotopic (exact) mass is 329 g/mol. The number of carbonyl (C=O) groups excluding carboxylic acids is 2. The van der Waals surface area contributed by atoms with E-state index in [2.05, 4.69) is 0 Å². The van der Waals surface area contributed by atoms with E-state index in [1.807, 2.05) is 36.4 Å². The molecule has 0 bridgehead atoms. The summed E-state index contributed by atoms with van der Waals surface area (Å²) in [5, 5.41) is -1.46. The molecule has 23 heavy (non-hydrogen) atoms. The van der Waals surface area contributed by atoms with Crippen molar-refractivity contribution in [2.75, 3.05) is 12.0 Å². The van der Waals surface area contributed by atoms with E-state index < -0.39 is 17.1 Å². The second kappa shape index (κ2) is 4.73. The number of carbonyl (C=O) groups is 2. The molecular weight excluding hydrogens is 318 g/mol. The Balaban J connectivity index is 1.91. The number of hydrogen-bond donors (Lipinski definition) is 0. The zero-order valence-corrected chi connectivity index (χ0v) is 13.0. The molecule has 1 atom stereocenters. The van der Waals surface area contributed by atoms with Gasteiger partial charge in [0.15, 0.2) is 0 Å². The normalized spacial score (nSPS) is 21.9. The third-order valence-corrected chi connectivity index (χ3v) is 4.52. The van der Waals surface area contributed by atoms with Crippen LogP contribution in [0.2, 0.25) is 0 Å². The Morgan fingerprint density at radius 3 is 2.65 bits per heavy atom. The van der Waals surface area contributed by atoms with Gasteiger partial charge in [0, 0.05) is 5.56 Å². The van der Waals surface area contributed by atoms with Gasteiger partial charge in [-0.15, -0.1) is 0 Å². The van der Waals surface area contributed by atoms with Crippen molar-refractivity contribution in [1.82, 2.24) is 0 Å². The van der Waals surface area contributed by atoms with Gasteiger partial charge in [-0.25, -0.2) is 9.69 Å². The topological polar surface area (TPSA) is 55.8 Å². The summed E-state index contributed by atoms with van der Waals surface area (Å²) in [6, 6.07) is 13.1. The van der Waals surface area contributed by atoms with Gasteiger partial charge in [0.25, 0.3) is 5.18 Å². The number of benzene rings is 2. The molecule has 5 nitrogen and oxygen atoms in total. The largest absolute Gasteiger partial charge is 0.496 e. The number of rotatable bonds is 2. The van der Waals surface area contributed by atoms with Gasteiger partial charge in [0.2, 0.25) is 0 Å². The number of anilines is 1. The Kier molecular flexibility index (Phi) is 2.90. The highest BCUT2D eigenvalue weighted by Gasteiger charge is 2.57. The second-order valence-corrected chi connectivity index (χ2v) is 5.99. The summed E-state index contributed by atoms with van der Waals surface area (Å²) in [4.78, 5) is 24.8. The predicted octanol–water partition coefficient (Wildman–Crippen LogP) is 2.70. The fourth-order valence-corrected chi connectivity index (χ4v) is 3.56. The first-order chi connectivity index (χ1) is 11.0.